The van der Waals surface area contributed by atoms with Crippen molar-refractivity contribution < 1.29 is 9.53 Å². The Labute approximate surface area is 99.2 Å². The number of nitrogens with zero attached hydrogens (tertiary/aromatic N) is 1. The fraction of sp³-hybridized carbons (Fsp3) is 0.600. The van der Waals surface area contributed by atoms with Crippen LogP contribution >= 0.6 is 11.3 Å². The van der Waals surface area contributed by atoms with Crippen LogP contribution in [0.4, 0.5) is 4.79 Å². The van der Waals surface area contributed by atoms with Crippen LogP contribution < -0.4 is 10.9 Å². The number of aromatic nitrogens is 1. The Bertz CT molecular complexity index is 357. The van der Waals surface area contributed by atoms with Crippen molar-refractivity contribution in [3.8, 4) is 0 Å². The van der Waals surface area contributed by atoms with Gasteiger partial charge >= 0.3 is 6.09 Å². The minimum absolute atomic E-state index is 0.477. The molecule has 0 aliphatic rings. The molecule has 1 amide bonds. The molecular formula is C10H17N3O2S. The van der Waals surface area contributed by atoms with E-state index in [9.17, 15) is 4.79 Å². The van der Waals surface area contributed by atoms with E-state index in [0.717, 1.165) is 10.6 Å². The molecule has 2 N–H and O–H groups in total. The van der Waals surface area contributed by atoms with Gasteiger partial charge in [0, 0.05) is 4.88 Å². The first-order valence-corrected chi connectivity index (χ1v) is 5.87. The van der Waals surface area contributed by atoms with Crippen LogP contribution in [0.3, 0.4) is 0 Å². The van der Waals surface area contributed by atoms with Crippen LogP contribution in [0.25, 0.3) is 0 Å². The number of hydrogen-bond acceptors (Lipinski definition) is 5. The van der Waals surface area contributed by atoms with Gasteiger partial charge in [0.25, 0.3) is 0 Å². The minimum atomic E-state index is -0.480. The summed E-state index contributed by atoms with van der Waals surface area (Å²) in [7, 11) is 0. The van der Waals surface area contributed by atoms with Crippen LogP contribution in [0.15, 0.2) is 5.51 Å². The van der Waals surface area contributed by atoms with E-state index >= 15 is 0 Å². The van der Waals surface area contributed by atoms with Gasteiger partial charge in [-0.3, -0.25) is 5.43 Å². The van der Waals surface area contributed by atoms with E-state index in [4.69, 9.17) is 4.74 Å². The molecule has 0 saturated carbocycles. The summed E-state index contributed by atoms with van der Waals surface area (Å²) >= 11 is 1.55. The zero-order valence-corrected chi connectivity index (χ0v) is 10.8. The molecule has 1 rings (SSSR count). The highest BCUT2D eigenvalue weighted by Crippen LogP contribution is 2.10. The largest absolute Gasteiger partial charge is 0.443 e. The molecule has 0 spiro atoms. The second kappa shape index (κ2) is 5.27. The van der Waals surface area contributed by atoms with Gasteiger partial charge in [-0.05, 0) is 27.7 Å². The van der Waals surface area contributed by atoms with Gasteiger partial charge in [0.05, 0.1) is 17.7 Å². The van der Waals surface area contributed by atoms with Gasteiger partial charge in [0.2, 0.25) is 0 Å². The van der Waals surface area contributed by atoms with Gasteiger partial charge in [-0.1, -0.05) is 0 Å². The lowest BCUT2D eigenvalue weighted by Crippen LogP contribution is -2.40. The fourth-order valence-electron chi connectivity index (χ4n) is 0.996. The molecule has 90 valence electrons. The van der Waals surface area contributed by atoms with Crippen molar-refractivity contribution >= 4 is 17.4 Å². The molecule has 0 aromatic carbocycles. The Morgan fingerprint density at radius 2 is 2.25 bits per heavy atom. The maximum atomic E-state index is 11.3. The molecule has 0 unspecified atom stereocenters. The summed E-state index contributed by atoms with van der Waals surface area (Å²) in [6.07, 6.45) is -0.477. The van der Waals surface area contributed by atoms with Crippen LogP contribution in [0, 0.1) is 6.92 Å². The maximum Gasteiger partial charge on any atom is 0.422 e. The van der Waals surface area contributed by atoms with E-state index in [1.165, 1.54) is 0 Å². The third-order valence-corrected chi connectivity index (χ3v) is 2.62. The Morgan fingerprint density at radius 1 is 1.56 bits per heavy atom. The molecule has 0 aliphatic heterocycles. The van der Waals surface area contributed by atoms with Crippen LogP contribution in [0.5, 0.6) is 0 Å². The predicted octanol–water partition coefficient (Wildman–Crippen LogP) is 1.98. The molecule has 6 heteroatoms. The summed E-state index contributed by atoms with van der Waals surface area (Å²) < 4.78 is 5.06. The Hall–Kier alpha value is -1.14. The lowest BCUT2D eigenvalue weighted by Gasteiger charge is -2.19. The highest BCUT2D eigenvalue weighted by Gasteiger charge is 2.15. The first-order valence-electron chi connectivity index (χ1n) is 4.99. The van der Waals surface area contributed by atoms with Gasteiger partial charge in [-0.2, -0.15) is 0 Å². The number of hydrogen-bond donors (Lipinski definition) is 2. The van der Waals surface area contributed by atoms with Gasteiger partial charge in [-0.25, -0.2) is 15.2 Å². The second-order valence-electron chi connectivity index (χ2n) is 4.34. The first-order chi connectivity index (χ1) is 7.38. The lowest BCUT2D eigenvalue weighted by molar-refractivity contribution is 0.0497. The van der Waals surface area contributed by atoms with E-state index in [-0.39, 0.29) is 0 Å². The quantitative estimate of drug-likeness (QED) is 0.797. The van der Waals surface area contributed by atoms with Crippen LogP contribution in [-0.2, 0) is 11.3 Å². The first kappa shape index (κ1) is 12.9. The Morgan fingerprint density at radius 3 is 2.75 bits per heavy atom. The molecule has 0 saturated heterocycles. The topological polar surface area (TPSA) is 63.2 Å². The SMILES string of the molecule is Cc1ncsc1CNNC(=O)OC(C)(C)C. The average Bonchev–Trinajstić information content (AvgIpc) is 2.48. The maximum absolute atomic E-state index is 11.3. The predicted molar refractivity (Wildman–Crippen MR) is 63.1 cm³/mol. The number of carbonyl (C=O) groups is 1. The molecule has 0 aliphatic carbocycles. The van der Waals surface area contributed by atoms with Gasteiger partial charge < -0.3 is 4.74 Å². The number of nitrogens with one attached hydrogen (secondary N) is 2. The van der Waals surface area contributed by atoms with E-state index in [1.807, 2.05) is 27.7 Å². The Kier molecular flexibility index (Phi) is 4.26. The number of rotatable bonds is 3. The number of ether oxygens (including phenoxy) is 1. The number of thiazole rings is 1. The summed E-state index contributed by atoms with van der Waals surface area (Å²) in [6, 6.07) is 0. The zero-order valence-electron chi connectivity index (χ0n) is 9.96. The van der Waals surface area contributed by atoms with E-state index in [1.54, 1.807) is 16.8 Å². The lowest BCUT2D eigenvalue weighted by atomic mass is 10.2. The highest BCUT2D eigenvalue weighted by molar-refractivity contribution is 7.09. The molecule has 16 heavy (non-hydrogen) atoms. The van der Waals surface area contributed by atoms with Crippen molar-refractivity contribution in [3.63, 3.8) is 0 Å². The van der Waals surface area contributed by atoms with Crippen LogP contribution in [-0.4, -0.2) is 16.7 Å². The van der Waals surface area contributed by atoms with Crippen molar-refractivity contribution in [2.75, 3.05) is 0 Å². The van der Waals surface area contributed by atoms with Crippen molar-refractivity contribution in [1.29, 1.82) is 0 Å². The number of hydrazine groups is 1. The molecule has 1 aromatic heterocycles. The molecular weight excluding hydrogens is 226 g/mol. The molecule has 0 bridgehead atoms. The minimum Gasteiger partial charge on any atom is -0.443 e. The summed E-state index contributed by atoms with van der Waals surface area (Å²) in [6.45, 7) is 7.94. The highest BCUT2D eigenvalue weighted by atomic mass is 32.1. The van der Waals surface area contributed by atoms with Gasteiger partial charge in [0.15, 0.2) is 0 Å². The normalized spacial score (nSPS) is 11.2. The van der Waals surface area contributed by atoms with Gasteiger partial charge in [0.1, 0.15) is 5.60 Å². The van der Waals surface area contributed by atoms with Crippen molar-refractivity contribution in [1.82, 2.24) is 15.8 Å². The molecule has 5 nitrogen and oxygen atoms in total. The standard InChI is InChI=1S/C10H17N3O2S/c1-7-8(16-6-11-7)5-12-13-9(14)15-10(2,3)4/h6,12H,5H2,1-4H3,(H,13,14). The summed E-state index contributed by atoms with van der Waals surface area (Å²) in [5, 5.41) is 0. The molecule has 0 atom stereocenters. The average molecular weight is 243 g/mol. The van der Waals surface area contributed by atoms with E-state index in [2.05, 4.69) is 15.8 Å². The van der Waals surface area contributed by atoms with Crippen LogP contribution in [0.2, 0.25) is 0 Å². The van der Waals surface area contributed by atoms with Crippen molar-refractivity contribution in [2.45, 2.75) is 39.8 Å². The number of carbonyl (C=O) groups excluding carboxylic acids is 1. The number of aryl methyl sites for hydroxylation is 1. The zero-order chi connectivity index (χ0) is 12.2. The molecule has 0 radical (unpaired) electrons. The number of amides is 1. The Balaban J connectivity index is 2.26. The summed E-state index contributed by atoms with van der Waals surface area (Å²) in [5.41, 5.74) is 7.54. The molecule has 1 heterocycles. The molecule has 0 fully saturated rings. The molecule has 1 aromatic rings. The monoisotopic (exact) mass is 243 g/mol. The smallest absolute Gasteiger partial charge is 0.422 e. The van der Waals surface area contributed by atoms with Gasteiger partial charge in [-0.15, -0.1) is 11.3 Å². The van der Waals surface area contributed by atoms with E-state index < -0.39 is 11.7 Å². The van der Waals surface area contributed by atoms with Crippen molar-refractivity contribution in [2.24, 2.45) is 0 Å². The third kappa shape index (κ3) is 4.59. The van der Waals surface area contributed by atoms with Crippen LogP contribution in [0.1, 0.15) is 31.3 Å². The van der Waals surface area contributed by atoms with Crippen molar-refractivity contribution in [3.05, 3.63) is 16.1 Å². The fourth-order valence-corrected chi connectivity index (χ4v) is 1.71. The summed E-state index contributed by atoms with van der Waals surface area (Å²) in [5.74, 6) is 0. The van der Waals surface area contributed by atoms with E-state index in [0.29, 0.717) is 6.54 Å². The second-order valence-corrected chi connectivity index (χ2v) is 5.28. The third-order valence-electron chi connectivity index (χ3n) is 1.68. The summed E-state index contributed by atoms with van der Waals surface area (Å²) in [4.78, 5) is 16.5.